The van der Waals surface area contributed by atoms with Crippen molar-refractivity contribution in [3.63, 3.8) is 0 Å². The van der Waals surface area contributed by atoms with E-state index in [-0.39, 0.29) is 5.69 Å². The molecule has 0 saturated carbocycles. The van der Waals surface area contributed by atoms with Crippen LogP contribution in [0.5, 0.6) is 11.5 Å². The first kappa shape index (κ1) is 23.2. The summed E-state index contributed by atoms with van der Waals surface area (Å²) in [5, 5.41) is 3.62. The number of methoxy groups -OCH3 is 2. The lowest BCUT2D eigenvalue weighted by Gasteiger charge is -2.16. The Kier molecular flexibility index (Phi) is 7.82. The van der Waals surface area contributed by atoms with Crippen LogP contribution in [-0.2, 0) is 25.8 Å². The smallest absolute Gasteiger partial charge is 0.242 e. The monoisotopic (exact) mass is 434 g/mol. The summed E-state index contributed by atoms with van der Waals surface area (Å²) >= 11 is 0. The normalized spacial score (nSPS) is 12.0. The Morgan fingerprint density at radius 1 is 1.00 bits per heavy atom. The van der Waals surface area contributed by atoms with Crippen LogP contribution in [0.1, 0.15) is 19.4 Å². The van der Waals surface area contributed by atoms with Crippen LogP contribution in [0.25, 0.3) is 0 Å². The van der Waals surface area contributed by atoms with Crippen LogP contribution in [0.15, 0.2) is 42.5 Å². The van der Waals surface area contributed by atoms with Gasteiger partial charge < -0.3 is 20.1 Å². The number of hydrogen-bond donors (Lipinski definition) is 2. The van der Waals surface area contributed by atoms with Gasteiger partial charge in [0, 0.05) is 11.8 Å². The first-order valence-corrected chi connectivity index (χ1v) is 11.0. The van der Waals surface area contributed by atoms with Crippen LogP contribution >= 0.6 is 0 Å². The van der Waals surface area contributed by atoms with Crippen molar-refractivity contribution >= 4 is 33.0 Å². The third-order valence-electron chi connectivity index (χ3n) is 4.55. The molecule has 1 unspecified atom stereocenters. The van der Waals surface area contributed by atoms with Crippen LogP contribution < -0.4 is 20.1 Å². The standard InChI is InChI=1S/C21H26N2O6S/c1-5-15-6-8-16(9-7-15)22-20(24)13-30(26,27)14(2)21(25)23-18-12-17(28-3)10-11-19(18)29-4/h6-12,14H,5,13H2,1-4H3,(H,22,24)(H,23,25). The Labute approximate surface area is 176 Å². The second-order valence-corrected chi connectivity index (χ2v) is 8.93. The van der Waals surface area contributed by atoms with E-state index >= 15 is 0 Å². The lowest BCUT2D eigenvalue weighted by Crippen LogP contribution is -2.37. The molecular weight excluding hydrogens is 408 g/mol. The van der Waals surface area contributed by atoms with Gasteiger partial charge in [-0.05, 0) is 43.2 Å². The van der Waals surface area contributed by atoms with E-state index < -0.39 is 32.7 Å². The topological polar surface area (TPSA) is 111 Å². The molecule has 30 heavy (non-hydrogen) atoms. The number of sulfone groups is 1. The second-order valence-electron chi connectivity index (χ2n) is 6.60. The van der Waals surface area contributed by atoms with Crippen molar-refractivity contribution in [2.24, 2.45) is 0 Å². The van der Waals surface area contributed by atoms with Gasteiger partial charge in [0.25, 0.3) is 0 Å². The second kappa shape index (κ2) is 10.1. The SMILES string of the molecule is CCc1ccc(NC(=O)CS(=O)(=O)C(C)C(=O)Nc2cc(OC)ccc2OC)cc1. The highest BCUT2D eigenvalue weighted by molar-refractivity contribution is 7.93. The average molecular weight is 435 g/mol. The number of carbonyl (C=O) groups is 2. The molecule has 0 aromatic heterocycles. The molecule has 9 heteroatoms. The number of benzene rings is 2. The van der Waals surface area contributed by atoms with Crippen LogP contribution in [0.4, 0.5) is 11.4 Å². The number of aryl methyl sites for hydroxylation is 1. The maximum atomic E-state index is 12.6. The van der Waals surface area contributed by atoms with Gasteiger partial charge in [-0.1, -0.05) is 19.1 Å². The van der Waals surface area contributed by atoms with E-state index in [1.54, 1.807) is 24.3 Å². The molecule has 8 nitrogen and oxygen atoms in total. The van der Waals surface area contributed by atoms with E-state index in [0.717, 1.165) is 12.0 Å². The van der Waals surface area contributed by atoms with E-state index in [1.165, 1.54) is 27.2 Å². The van der Waals surface area contributed by atoms with Crippen molar-refractivity contribution in [1.29, 1.82) is 0 Å². The summed E-state index contributed by atoms with van der Waals surface area (Å²) in [4.78, 5) is 24.7. The zero-order valence-corrected chi connectivity index (χ0v) is 18.2. The van der Waals surface area contributed by atoms with Gasteiger partial charge in [0.05, 0.1) is 19.9 Å². The minimum absolute atomic E-state index is 0.268. The van der Waals surface area contributed by atoms with Gasteiger partial charge >= 0.3 is 0 Å². The van der Waals surface area contributed by atoms with E-state index in [2.05, 4.69) is 10.6 Å². The van der Waals surface area contributed by atoms with Crippen LogP contribution in [-0.4, -0.2) is 45.5 Å². The summed E-state index contributed by atoms with van der Waals surface area (Å²) in [6.07, 6.45) is 0.854. The van der Waals surface area contributed by atoms with E-state index in [0.29, 0.717) is 17.2 Å². The quantitative estimate of drug-likeness (QED) is 0.628. The number of anilines is 2. The molecule has 162 valence electrons. The lowest BCUT2D eigenvalue weighted by molar-refractivity contribution is -0.115. The molecule has 2 aromatic rings. The zero-order chi connectivity index (χ0) is 22.3. The van der Waals surface area contributed by atoms with Crippen LogP contribution in [0.2, 0.25) is 0 Å². The molecule has 0 aliphatic heterocycles. The molecule has 0 aliphatic rings. The highest BCUT2D eigenvalue weighted by atomic mass is 32.2. The van der Waals surface area contributed by atoms with Crippen molar-refractivity contribution in [2.75, 3.05) is 30.6 Å². The highest BCUT2D eigenvalue weighted by Gasteiger charge is 2.31. The summed E-state index contributed by atoms with van der Waals surface area (Å²) in [5.41, 5.74) is 1.86. The molecular formula is C21H26N2O6S. The van der Waals surface area contributed by atoms with Crippen molar-refractivity contribution < 1.29 is 27.5 Å². The average Bonchev–Trinajstić information content (AvgIpc) is 2.73. The third-order valence-corrected chi connectivity index (χ3v) is 6.51. The number of nitrogens with one attached hydrogen (secondary N) is 2. The summed E-state index contributed by atoms with van der Waals surface area (Å²) in [7, 11) is -1.15. The minimum Gasteiger partial charge on any atom is -0.497 e. The molecule has 1 atom stereocenters. The van der Waals surface area contributed by atoms with Gasteiger partial charge in [-0.15, -0.1) is 0 Å². The maximum absolute atomic E-state index is 12.6. The molecule has 2 rings (SSSR count). The molecule has 0 saturated heterocycles. The first-order valence-electron chi connectivity index (χ1n) is 9.33. The number of hydrogen-bond acceptors (Lipinski definition) is 6. The molecule has 0 heterocycles. The largest absolute Gasteiger partial charge is 0.497 e. The Hall–Kier alpha value is -3.07. The fourth-order valence-corrected chi connectivity index (χ4v) is 3.71. The van der Waals surface area contributed by atoms with Crippen molar-refractivity contribution in [2.45, 2.75) is 25.5 Å². The Morgan fingerprint density at radius 2 is 1.67 bits per heavy atom. The van der Waals surface area contributed by atoms with Gasteiger partial charge in [0.1, 0.15) is 22.5 Å². The maximum Gasteiger partial charge on any atom is 0.242 e. The molecule has 0 radical (unpaired) electrons. The Balaban J connectivity index is 2.06. The van der Waals surface area contributed by atoms with Crippen molar-refractivity contribution in [3.05, 3.63) is 48.0 Å². The van der Waals surface area contributed by atoms with E-state index in [9.17, 15) is 18.0 Å². The summed E-state index contributed by atoms with van der Waals surface area (Å²) in [5.74, 6) is -1.48. The molecule has 0 spiro atoms. The van der Waals surface area contributed by atoms with Crippen molar-refractivity contribution in [3.8, 4) is 11.5 Å². The molecule has 2 N–H and O–H groups in total. The fourth-order valence-electron chi connectivity index (χ4n) is 2.64. The molecule has 0 fully saturated rings. The number of ether oxygens (including phenoxy) is 2. The molecule has 0 bridgehead atoms. The summed E-state index contributed by atoms with van der Waals surface area (Å²) in [6.45, 7) is 3.24. The van der Waals surface area contributed by atoms with Gasteiger partial charge in [-0.2, -0.15) is 0 Å². The van der Waals surface area contributed by atoms with Gasteiger partial charge in [0.2, 0.25) is 11.8 Å². The van der Waals surface area contributed by atoms with Crippen molar-refractivity contribution in [1.82, 2.24) is 0 Å². The highest BCUT2D eigenvalue weighted by Crippen LogP contribution is 2.29. The first-order chi connectivity index (χ1) is 14.2. The van der Waals surface area contributed by atoms with Crippen LogP contribution in [0.3, 0.4) is 0 Å². The molecule has 2 aromatic carbocycles. The summed E-state index contributed by atoms with van der Waals surface area (Å²) in [6, 6.07) is 11.9. The molecule has 2 amide bonds. The predicted molar refractivity (Wildman–Crippen MR) is 116 cm³/mol. The Morgan fingerprint density at radius 3 is 2.23 bits per heavy atom. The van der Waals surface area contributed by atoms with Gasteiger partial charge in [0.15, 0.2) is 9.84 Å². The minimum atomic E-state index is -4.04. The van der Waals surface area contributed by atoms with Gasteiger partial charge in [-0.25, -0.2) is 8.42 Å². The molecule has 0 aliphatic carbocycles. The zero-order valence-electron chi connectivity index (χ0n) is 17.4. The Bertz CT molecular complexity index is 1000. The van der Waals surface area contributed by atoms with Gasteiger partial charge in [-0.3, -0.25) is 9.59 Å². The number of carbonyl (C=O) groups excluding carboxylic acids is 2. The van der Waals surface area contributed by atoms with Crippen LogP contribution in [0, 0.1) is 0 Å². The fraction of sp³-hybridized carbons (Fsp3) is 0.333. The van der Waals surface area contributed by atoms with E-state index in [1.807, 2.05) is 19.1 Å². The summed E-state index contributed by atoms with van der Waals surface area (Å²) < 4.78 is 35.4. The number of rotatable bonds is 9. The number of amides is 2. The third kappa shape index (κ3) is 5.96. The van der Waals surface area contributed by atoms with E-state index in [4.69, 9.17) is 9.47 Å². The lowest BCUT2D eigenvalue weighted by atomic mass is 10.1. The predicted octanol–water partition coefficient (Wildman–Crippen LogP) is 2.65.